The van der Waals surface area contributed by atoms with E-state index < -0.39 is 0 Å². The Labute approximate surface area is 149 Å². The number of thiazole rings is 1. The lowest BCUT2D eigenvalue weighted by molar-refractivity contribution is 0.0473. The smallest absolute Gasteiger partial charge is 0.338 e. The summed E-state index contributed by atoms with van der Waals surface area (Å²) in [6.07, 6.45) is 0. The van der Waals surface area contributed by atoms with Crippen LogP contribution < -0.4 is 0 Å². The van der Waals surface area contributed by atoms with E-state index in [4.69, 9.17) is 4.74 Å². The lowest BCUT2D eigenvalue weighted by Gasteiger charge is -2.06. The van der Waals surface area contributed by atoms with Gasteiger partial charge in [-0.15, -0.1) is 11.3 Å². The number of rotatable bonds is 4. The monoisotopic (exact) mass is 345 g/mol. The van der Waals surface area contributed by atoms with E-state index in [1.54, 1.807) is 23.5 Å². The molecule has 0 aliphatic carbocycles. The fourth-order valence-electron chi connectivity index (χ4n) is 2.64. The van der Waals surface area contributed by atoms with Crippen molar-refractivity contribution in [3.63, 3.8) is 0 Å². The van der Waals surface area contributed by atoms with Crippen LogP contribution in [0.25, 0.3) is 21.3 Å². The predicted octanol–water partition coefficient (Wildman–Crippen LogP) is 5.32. The first kappa shape index (κ1) is 15.5. The lowest BCUT2D eigenvalue weighted by Crippen LogP contribution is -2.05. The third kappa shape index (κ3) is 3.44. The molecule has 0 bridgehead atoms. The highest BCUT2D eigenvalue weighted by Gasteiger charge is 2.08. The molecule has 4 aromatic rings. The van der Waals surface area contributed by atoms with Gasteiger partial charge >= 0.3 is 5.97 Å². The van der Waals surface area contributed by atoms with Crippen LogP contribution in [-0.4, -0.2) is 11.0 Å². The summed E-state index contributed by atoms with van der Waals surface area (Å²) in [5.41, 5.74) is 6.56. The highest BCUT2D eigenvalue weighted by Crippen LogP contribution is 2.26. The minimum atomic E-state index is -0.312. The first-order valence-electron chi connectivity index (χ1n) is 7.94. The summed E-state index contributed by atoms with van der Waals surface area (Å²) in [6, 6.07) is 23.4. The molecule has 0 amide bonds. The van der Waals surface area contributed by atoms with Crippen LogP contribution in [0.2, 0.25) is 0 Å². The van der Waals surface area contributed by atoms with Gasteiger partial charge in [0.15, 0.2) is 0 Å². The van der Waals surface area contributed by atoms with Crippen LogP contribution in [-0.2, 0) is 11.3 Å². The second-order valence-corrected chi connectivity index (χ2v) is 6.56. The van der Waals surface area contributed by atoms with Crippen LogP contribution in [0.15, 0.2) is 78.3 Å². The highest BCUT2D eigenvalue weighted by molar-refractivity contribution is 7.16. The van der Waals surface area contributed by atoms with E-state index in [1.807, 2.05) is 60.1 Å². The summed E-state index contributed by atoms with van der Waals surface area (Å²) in [7, 11) is 0. The second kappa shape index (κ2) is 6.87. The van der Waals surface area contributed by atoms with Crippen LogP contribution in [0, 0.1) is 0 Å². The van der Waals surface area contributed by atoms with E-state index in [2.05, 4.69) is 11.1 Å². The van der Waals surface area contributed by atoms with E-state index >= 15 is 0 Å². The Morgan fingerprint density at radius 2 is 1.68 bits per heavy atom. The van der Waals surface area contributed by atoms with Crippen molar-refractivity contribution in [2.24, 2.45) is 0 Å². The Kier molecular flexibility index (Phi) is 4.27. The molecule has 3 nitrogen and oxygen atoms in total. The van der Waals surface area contributed by atoms with E-state index in [-0.39, 0.29) is 12.6 Å². The molecule has 0 spiro atoms. The summed E-state index contributed by atoms with van der Waals surface area (Å²) >= 11 is 1.62. The van der Waals surface area contributed by atoms with Crippen molar-refractivity contribution in [1.29, 1.82) is 0 Å². The Morgan fingerprint density at radius 3 is 2.48 bits per heavy atom. The van der Waals surface area contributed by atoms with Gasteiger partial charge in [0.1, 0.15) is 6.61 Å². The molecular formula is C21H15NO2S. The Morgan fingerprint density at radius 1 is 0.920 bits per heavy atom. The number of ether oxygens (including phenoxy) is 1. The van der Waals surface area contributed by atoms with Crippen molar-refractivity contribution in [3.8, 4) is 11.1 Å². The fraction of sp³-hybridized carbons (Fsp3) is 0.0476. The highest BCUT2D eigenvalue weighted by atomic mass is 32.1. The van der Waals surface area contributed by atoms with Gasteiger partial charge in [0.2, 0.25) is 0 Å². The number of fused-ring (bicyclic) bond motifs is 1. The standard InChI is InChI=1S/C21H15NO2S/c23-21(24-13-15-4-2-1-3-5-15)17-8-6-16(7-9-17)18-10-11-19-20(12-18)25-14-22-19/h1-12,14H,13H2. The molecule has 0 unspecified atom stereocenters. The first-order valence-corrected chi connectivity index (χ1v) is 8.82. The summed E-state index contributed by atoms with van der Waals surface area (Å²) in [4.78, 5) is 16.5. The zero-order valence-electron chi connectivity index (χ0n) is 13.4. The average molecular weight is 345 g/mol. The van der Waals surface area contributed by atoms with Crippen LogP contribution in [0.5, 0.6) is 0 Å². The number of nitrogens with zero attached hydrogens (tertiary/aromatic N) is 1. The van der Waals surface area contributed by atoms with Crippen molar-refractivity contribution in [2.75, 3.05) is 0 Å². The number of carbonyl (C=O) groups excluding carboxylic acids is 1. The van der Waals surface area contributed by atoms with Gasteiger partial charge in [-0.2, -0.15) is 0 Å². The van der Waals surface area contributed by atoms with Gasteiger partial charge in [-0.25, -0.2) is 9.78 Å². The fourth-order valence-corrected chi connectivity index (χ4v) is 3.36. The maximum Gasteiger partial charge on any atom is 0.338 e. The molecule has 0 atom stereocenters. The Balaban J connectivity index is 1.48. The topological polar surface area (TPSA) is 39.2 Å². The number of hydrogen-bond acceptors (Lipinski definition) is 4. The van der Waals surface area contributed by atoms with Crippen molar-refractivity contribution < 1.29 is 9.53 Å². The van der Waals surface area contributed by atoms with Crippen molar-refractivity contribution in [2.45, 2.75) is 6.61 Å². The zero-order chi connectivity index (χ0) is 17.1. The molecule has 0 saturated heterocycles. The summed E-state index contributed by atoms with van der Waals surface area (Å²) < 4.78 is 6.52. The second-order valence-electron chi connectivity index (χ2n) is 5.67. The Bertz CT molecular complexity index is 1010. The van der Waals surface area contributed by atoms with E-state index in [9.17, 15) is 4.79 Å². The van der Waals surface area contributed by atoms with E-state index in [0.717, 1.165) is 26.9 Å². The van der Waals surface area contributed by atoms with Crippen LogP contribution in [0.3, 0.4) is 0 Å². The maximum absolute atomic E-state index is 12.2. The summed E-state index contributed by atoms with van der Waals surface area (Å²) in [5.74, 6) is -0.312. The van der Waals surface area contributed by atoms with Gasteiger partial charge in [0.05, 0.1) is 21.3 Å². The van der Waals surface area contributed by atoms with E-state index in [0.29, 0.717) is 5.56 Å². The van der Waals surface area contributed by atoms with Crippen molar-refractivity contribution in [1.82, 2.24) is 4.98 Å². The third-order valence-electron chi connectivity index (χ3n) is 4.00. The number of hydrogen-bond donors (Lipinski definition) is 0. The molecule has 0 saturated carbocycles. The molecule has 1 aromatic heterocycles. The molecule has 122 valence electrons. The van der Waals surface area contributed by atoms with Gasteiger partial charge < -0.3 is 4.74 Å². The molecule has 0 N–H and O–H groups in total. The SMILES string of the molecule is O=C(OCc1ccccc1)c1ccc(-c2ccc3ncsc3c2)cc1. The Hall–Kier alpha value is -2.98. The van der Waals surface area contributed by atoms with Gasteiger partial charge in [0, 0.05) is 0 Å². The molecule has 3 aromatic carbocycles. The van der Waals surface area contributed by atoms with Gasteiger partial charge in [-0.05, 0) is 41.0 Å². The maximum atomic E-state index is 12.2. The predicted molar refractivity (Wildman–Crippen MR) is 101 cm³/mol. The number of aromatic nitrogens is 1. The summed E-state index contributed by atoms with van der Waals surface area (Å²) in [6.45, 7) is 0.281. The molecular weight excluding hydrogens is 330 g/mol. The largest absolute Gasteiger partial charge is 0.457 e. The van der Waals surface area contributed by atoms with Gasteiger partial charge in [0.25, 0.3) is 0 Å². The molecule has 25 heavy (non-hydrogen) atoms. The van der Waals surface area contributed by atoms with Crippen LogP contribution in [0.4, 0.5) is 0 Å². The van der Waals surface area contributed by atoms with Crippen LogP contribution in [0.1, 0.15) is 15.9 Å². The summed E-state index contributed by atoms with van der Waals surface area (Å²) in [5, 5.41) is 0. The lowest BCUT2D eigenvalue weighted by atomic mass is 10.0. The molecule has 0 aliphatic heterocycles. The van der Waals surface area contributed by atoms with E-state index in [1.165, 1.54) is 0 Å². The number of benzene rings is 3. The third-order valence-corrected chi connectivity index (χ3v) is 4.79. The average Bonchev–Trinajstić information content (AvgIpc) is 3.15. The zero-order valence-corrected chi connectivity index (χ0v) is 14.2. The molecule has 4 rings (SSSR count). The first-order chi connectivity index (χ1) is 12.3. The normalized spacial score (nSPS) is 10.7. The van der Waals surface area contributed by atoms with Crippen LogP contribution >= 0.6 is 11.3 Å². The molecule has 1 heterocycles. The van der Waals surface area contributed by atoms with Gasteiger partial charge in [-0.1, -0.05) is 48.5 Å². The quantitative estimate of drug-likeness (QED) is 0.470. The number of esters is 1. The number of carbonyl (C=O) groups is 1. The van der Waals surface area contributed by atoms with Crippen molar-refractivity contribution in [3.05, 3.63) is 89.4 Å². The molecule has 4 heteroatoms. The minimum absolute atomic E-state index is 0.281. The molecule has 0 radical (unpaired) electrons. The van der Waals surface area contributed by atoms with Crippen molar-refractivity contribution >= 4 is 27.5 Å². The molecule has 0 aliphatic rings. The van der Waals surface area contributed by atoms with Gasteiger partial charge in [-0.3, -0.25) is 0 Å². The minimum Gasteiger partial charge on any atom is -0.457 e. The molecule has 0 fully saturated rings.